The van der Waals surface area contributed by atoms with Gasteiger partial charge in [0.15, 0.2) is 0 Å². The molecule has 1 unspecified atom stereocenters. The van der Waals surface area contributed by atoms with Crippen molar-refractivity contribution >= 4 is 27.7 Å². The summed E-state index contributed by atoms with van der Waals surface area (Å²) >= 11 is 1.58. The first-order chi connectivity index (χ1) is 13.2. The van der Waals surface area contributed by atoms with Gasteiger partial charge < -0.3 is 4.90 Å². The molecule has 0 fully saturated rings. The Bertz CT molecular complexity index is 896. The molecule has 0 bridgehead atoms. The molecular weight excluding hydrogens is 392 g/mol. The third-order valence-electron chi connectivity index (χ3n) is 4.58. The van der Waals surface area contributed by atoms with E-state index in [1.54, 1.807) is 48.0 Å². The molecule has 1 atom stereocenters. The first kappa shape index (κ1) is 22.5. The lowest BCUT2D eigenvalue weighted by Gasteiger charge is -2.25. The SMILES string of the molecule is CSCCC(NS(=O)(=O)c1ccc(C)cc1)C(=O)N(C)Cc1ccccc1C. The van der Waals surface area contributed by atoms with Crippen molar-refractivity contribution in [2.45, 2.75) is 37.8 Å². The molecule has 2 aromatic rings. The van der Waals surface area contributed by atoms with E-state index in [0.717, 1.165) is 16.7 Å². The van der Waals surface area contributed by atoms with Gasteiger partial charge in [-0.25, -0.2) is 8.42 Å². The Morgan fingerprint density at radius 3 is 2.36 bits per heavy atom. The maximum absolute atomic E-state index is 13.0. The van der Waals surface area contributed by atoms with Gasteiger partial charge in [0.25, 0.3) is 0 Å². The van der Waals surface area contributed by atoms with Crippen LogP contribution >= 0.6 is 11.8 Å². The van der Waals surface area contributed by atoms with Gasteiger partial charge in [0.1, 0.15) is 6.04 Å². The standard InChI is InChI=1S/C21H28N2O3S2/c1-16-9-11-19(12-10-16)28(25,26)22-20(13-14-27-4)21(24)23(3)15-18-8-6-5-7-17(18)2/h5-12,20,22H,13-15H2,1-4H3. The quantitative estimate of drug-likeness (QED) is 0.675. The van der Waals surface area contributed by atoms with Crippen molar-refractivity contribution in [1.29, 1.82) is 0 Å². The fourth-order valence-electron chi connectivity index (χ4n) is 2.83. The minimum Gasteiger partial charge on any atom is -0.340 e. The number of aryl methyl sites for hydroxylation is 2. The molecule has 7 heteroatoms. The highest BCUT2D eigenvalue weighted by molar-refractivity contribution is 7.98. The summed E-state index contributed by atoms with van der Waals surface area (Å²) in [5.41, 5.74) is 3.12. The largest absolute Gasteiger partial charge is 0.340 e. The summed E-state index contributed by atoms with van der Waals surface area (Å²) in [7, 11) is -2.06. The summed E-state index contributed by atoms with van der Waals surface area (Å²) in [6, 6.07) is 13.7. The molecule has 0 aliphatic heterocycles. The van der Waals surface area contributed by atoms with Crippen LogP contribution < -0.4 is 4.72 Å². The second-order valence-electron chi connectivity index (χ2n) is 6.89. The van der Waals surface area contributed by atoms with Crippen LogP contribution in [-0.4, -0.2) is 44.3 Å². The number of hydrogen-bond donors (Lipinski definition) is 1. The Morgan fingerprint density at radius 1 is 1.11 bits per heavy atom. The molecule has 2 aromatic carbocycles. The van der Waals surface area contributed by atoms with Gasteiger partial charge in [0.2, 0.25) is 15.9 Å². The molecule has 0 aliphatic rings. The van der Waals surface area contributed by atoms with Gasteiger partial charge in [-0.1, -0.05) is 42.0 Å². The summed E-state index contributed by atoms with van der Waals surface area (Å²) in [6.45, 7) is 4.33. The lowest BCUT2D eigenvalue weighted by molar-refractivity contribution is -0.132. The number of likely N-dealkylation sites (N-methyl/N-ethyl adjacent to an activating group) is 1. The second-order valence-corrected chi connectivity index (χ2v) is 9.59. The van der Waals surface area contributed by atoms with Crippen molar-refractivity contribution < 1.29 is 13.2 Å². The highest BCUT2D eigenvalue weighted by Crippen LogP contribution is 2.15. The zero-order valence-electron chi connectivity index (χ0n) is 16.8. The van der Waals surface area contributed by atoms with Crippen molar-refractivity contribution in [1.82, 2.24) is 9.62 Å². The minimum absolute atomic E-state index is 0.168. The molecule has 1 amide bonds. The van der Waals surface area contributed by atoms with E-state index in [1.807, 2.05) is 44.4 Å². The summed E-state index contributed by atoms with van der Waals surface area (Å²) in [5, 5.41) is 0. The highest BCUT2D eigenvalue weighted by Gasteiger charge is 2.27. The van der Waals surface area contributed by atoms with Crippen LogP contribution in [0.25, 0.3) is 0 Å². The van der Waals surface area contributed by atoms with Crippen LogP contribution in [0, 0.1) is 13.8 Å². The van der Waals surface area contributed by atoms with Crippen molar-refractivity contribution in [3.8, 4) is 0 Å². The first-order valence-electron chi connectivity index (χ1n) is 9.12. The van der Waals surface area contributed by atoms with Gasteiger partial charge in [-0.15, -0.1) is 0 Å². The van der Waals surface area contributed by atoms with Crippen molar-refractivity contribution in [3.63, 3.8) is 0 Å². The Labute approximate surface area is 172 Å². The number of hydrogen-bond acceptors (Lipinski definition) is 4. The maximum Gasteiger partial charge on any atom is 0.241 e. The van der Waals surface area contributed by atoms with Crippen LogP contribution in [0.5, 0.6) is 0 Å². The van der Waals surface area contributed by atoms with E-state index in [0.29, 0.717) is 18.7 Å². The Kier molecular flexibility index (Phi) is 8.10. The Balaban J connectivity index is 2.18. The summed E-state index contributed by atoms with van der Waals surface area (Å²) in [4.78, 5) is 14.8. The van der Waals surface area contributed by atoms with Gasteiger partial charge in [-0.05, 0) is 55.5 Å². The van der Waals surface area contributed by atoms with Gasteiger partial charge >= 0.3 is 0 Å². The third-order valence-corrected chi connectivity index (χ3v) is 6.71. The number of sulfonamides is 1. The number of nitrogens with zero attached hydrogens (tertiary/aromatic N) is 1. The monoisotopic (exact) mass is 420 g/mol. The number of carbonyl (C=O) groups excluding carboxylic acids is 1. The Hall–Kier alpha value is -1.83. The molecule has 5 nitrogen and oxygen atoms in total. The number of rotatable bonds is 9. The average Bonchev–Trinajstić information content (AvgIpc) is 2.66. The number of carbonyl (C=O) groups is 1. The van der Waals surface area contributed by atoms with Gasteiger partial charge in [-0.2, -0.15) is 16.5 Å². The summed E-state index contributed by atoms with van der Waals surface area (Å²) < 4.78 is 28.1. The molecule has 1 N–H and O–H groups in total. The van der Waals surface area contributed by atoms with Crippen LogP contribution in [0.1, 0.15) is 23.1 Å². The van der Waals surface area contributed by atoms with E-state index in [9.17, 15) is 13.2 Å². The predicted molar refractivity (Wildman–Crippen MR) is 116 cm³/mol. The van der Waals surface area contributed by atoms with E-state index >= 15 is 0 Å². The normalized spacial score (nSPS) is 12.6. The predicted octanol–water partition coefficient (Wildman–Crippen LogP) is 3.36. The van der Waals surface area contributed by atoms with Crippen LogP contribution in [0.3, 0.4) is 0 Å². The molecule has 0 spiro atoms. The average molecular weight is 421 g/mol. The van der Waals surface area contributed by atoms with E-state index in [4.69, 9.17) is 0 Å². The molecule has 0 aromatic heterocycles. The van der Waals surface area contributed by atoms with Gasteiger partial charge in [0.05, 0.1) is 4.90 Å². The number of amides is 1. The first-order valence-corrected chi connectivity index (χ1v) is 12.0. The van der Waals surface area contributed by atoms with E-state index in [1.165, 1.54) is 0 Å². The zero-order chi connectivity index (χ0) is 20.7. The van der Waals surface area contributed by atoms with E-state index < -0.39 is 16.1 Å². The highest BCUT2D eigenvalue weighted by atomic mass is 32.2. The van der Waals surface area contributed by atoms with Crippen molar-refractivity contribution in [2.24, 2.45) is 0 Å². The fourth-order valence-corrected chi connectivity index (χ4v) is 4.52. The molecule has 0 heterocycles. The zero-order valence-corrected chi connectivity index (χ0v) is 18.4. The lowest BCUT2D eigenvalue weighted by Crippen LogP contribution is -2.47. The van der Waals surface area contributed by atoms with E-state index in [-0.39, 0.29) is 10.8 Å². The maximum atomic E-state index is 13.0. The summed E-state index contributed by atoms with van der Waals surface area (Å²) in [5.74, 6) is 0.457. The van der Waals surface area contributed by atoms with Gasteiger partial charge in [-0.3, -0.25) is 4.79 Å². The van der Waals surface area contributed by atoms with Crippen LogP contribution in [-0.2, 0) is 21.4 Å². The third kappa shape index (κ3) is 6.09. The van der Waals surface area contributed by atoms with Crippen LogP contribution in [0.4, 0.5) is 0 Å². The van der Waals surface area contributed by atoms with E-state index in [2.05, 4.69) is 4.72 Å². The molecule has 0 radical (unpaired) electrons. The van der Waals surface area contributed by atoms with Crippen LogP contribution in [0.15, 0.2) is 53.4 Å². The number of benzene rings is 2. The van der Waals surface area contributed by atoms with Crippen LogP contribution in [0.2, 0.25) is 0 Å². The second kappa shape index (κ2) is 10.1. The molecule has 2 rings (SSSR count). The number of nitrogens with one attached hydrogen (secondary N) is 1. The molecular formula is C21H28N2O3S2. The van der Waals surface area contributed by atoms with Crippen molar-refractivity contribution in [2.75, 3.05) is 19.1 Å². The molecule has 28 heavy (non-hydrogen) atoms. The van der Waals surface area contributed by atoms with Crippen molar-refractivity contribution in [3.05, 3.63) is 65.2 Å². The Morgan fingerprint density at radius 2 is 1.75 bits per heavy atom. The topological polar surface area (TPSA) is 66.5 Å². The number of thioether (sulfide) groups is 1. The molecule has 0 saturated carbocycles. The molecule has 152 valence electrons. The summed E-state index contributed by atoms with van der Waals surface area (Å²) in [6.07, 6.45) is 2.37. The molecule has 0 saturated heterocycles. The minimum atomic E-state index is -3.77. The van der Waals surface area contributed by atoms with Gasteiger partial charge in [0, 0.05) is 13.6 Å². The smallest absolute Gasteiger partial charge is 0.241 e. The fraction of sp³-hybridized carbons (Fsp3) is 0.381. The molecule has 0 aliphatic carbocycles. The lowest BCUT2D eigenvalue weighted by atomic mass is 10.1.